The van der Waals surface area contributed by atoms with Gasteiger partial charge in [-0.15, -0.1) is 0 Å². The molecule has 20 heavy (non-hydrogen) atoms. The molecule has 0 aliphatic heterocycles. The van der Waals surface area contributed by atoms with Gasteiger partial charge in [-0.05, 0) is 30.0 Å². The second-order valence-corrected chi connectivity index (χ2v) is 6.15. The molecular formula is C16H25NO3. The van der Waals surface area contributed by atoms with Crippen molar-refractivity contribution in [1.82, 2.24) is 5.32 Å². The molecule has 112 valence electrons. The molecule has 0 aliphatic carbocycles. The number of methoxy groups -OCH3 is 2. The molecule has 0 heterocycles. The molecule has 1 aromatic rings. The Kier molecular flexibility index (Phi) is 5.43. The summed E-state index contributed by atoms with van der Waals surface area (Å²) in [5, 5.41) is 2.93. The van der Waals surface area contributed by atoms with E-state index in [0.717, 1.165) is 22.6 Å². The lowest BCUT2D eigenvalue weighted by Gasteiger charge is -2.18. The number of benzene rings is 1. The number of nitrogens with one attached hydrogen (secondary N) is 1. The van der Waals surface area contributed by atoms with Gasteiger partial charge in [-0.3, -0.25) is 4.79 Å². The largest absolute Gasteiger partial charge is 0.496 e. The number of hydrogen-bond acceptors (Lipinski definition) is 3. The Bertz CT molecular complexity index is 475. The molecule has 0 spiro atoms. The summed E-state index contributed by atoms with van der Waals surface area (Å²) in [6.45, 7) is 8.53. The minimum atomic E-state index is -0.0147. The highest BCUT2D eigenvalue weighted by Crippen LogP contribution is 2.28. The number of hydrogen-bond donors (Lipinski definition) is 1. The summed E-state index contributed by atoms with van der Waals surface area (Å²) in [4.78, 5) is 11.9. The fourth-order valence-electron chi connectivity index (χ4n) is 1.99. The van der Waals surface area contributed by atoms with Gasteiger partial charge >= 0.3 is 0 Å². The Hall–Kier alpha value is -1.71. The van der Waals surface area contributed by atoms with E-state index in [4.69, 9.17) is 9.47 Å². The quantitative estimate of drug-likeness (QED) is 0.901. The van der Waals surface area contributed by atoms with Crippen molar-refractivity contribution >= 4 is 5.91 Å². The van der Waals surface area contributed by atoms with Crippen LogP contribution in [0.25, 0.3) is 0 Å². The third kappa shape index (κ3) is 4.76. The maximum absolute atomic E-state index is 11.9. The van der Waals surface area contributed by atoms with Gasteiger partial charge in [-0.25, -0.2) is 0 Å². The van der Waals surface area contributed by atoms with E-state index >= 15 is 0 Å². The van der Waals surface area contributed by atoms with E-state index in [1.807, 2.05) is 39.8 Å². The van der Waals surface area contributed by atoms with Crippen molar-refractivity contribution in [2.75, 3.05) is 14.2 Å². The molecule has 4 heteroatoms. The lowest BCUT2D eigenvalue weighted by molar-refractivity contribution is -0.122. The highest BCUT2D eigenvalue weighted by Gasteiger charge is 2.16. The molecule has 0 saturated carbocycles. The van der Waals surface area contributed by atoms with Gasteiger partial charge in [0.25, 0.3) is 0 Å². The van der Waals surface area contributed by atoms with Gasteiger partial charge in [-0.1, -0.05) is 20.8 Å². The molecule has 4 nitrogen and oxygen atoms in total. The number of rotatable bonds is 5. The first-order chi connectivity index (χ1) is 9.26. The van der Waals surface area contributed by atoms with Crippen molar-refractivity contribution in [1.29, 1.82) is 0 Å². The Morgan fingerprint density at radius 3 is 2.25 bits per heavy atom. The van der Waals surface area contributed by atoms with Crippen LogP contribution in [0.3, 0.4) is 0 Å². The zero-order chi connectivity index (χ0) is 15.3. The van der Waals surface area contributed by atoms with Crippen molar-refractivity contribution in [3.05, 3.63) is 23.3 Å². The zero-order valence-electron chi connectivity index (χ0n) is 13.3. The highest BCUT2D eigenvalue weighted by molar-refractivity contribution is 5.76. The molecule has 0 aromatic heterocycles. The van der Waals surface area contributed by atoms with Crippen LogP contribution in [0.4, 0.5) is 0 Å². The fraction of sp³-hybridized carbons (Fsp3) is 0.562. The average Bonchev–Trinajstić information content (AvgIpc) is 2.34. The first-order valence-corrected chi connectivity index (χ1v) is 6.75. The number of amides is 1. The summed E-state index contributed by atoms with van der Waals surface area (Å²) in [6.07, 6.45) is 0.498. The third-order valence-electron chi connectivity index (χ3n) is 2.96. The molecule has 0 saturated heterocycles. The molecule has 0 bridgehead atoms. The molecule has 0 atom stereocenters. The van der Waals surface area contributed by atoms with Gasteiger partial charge in [0, 0.05) is 18.5 Å². The highest BCUT2D eigenvalue weighted by atomic mass is 16.5. The van der Waals surface area contributed by atoms with Gasteiger partial charge in [-0.2, -0.15) is 0 Å². The monoisotopic (exact) mass is 279 g/mol. The van der Waals surface area contributed by atoms with E-state index in [-0.39, 0.29) is 11.3 Å². The second-order valence-electron chi connectivity index (χ2n) is 6.15. The normalized spacial score (nSPS) is 11.1. The Morgan fingerprint density at radius 1 is 1.15 bits per heavy atom. The van der Waals surface area contributed by atoms with Gasteiger partial charge in [0.15, 0.2) is 0 Å². The molecule has 0 aliphatic rings. The van der Waals surface area contributed by atoms with Gasteiger partial charge in [0.1, 0.15) is 11.5 Å². The zero-order valence-corrected chi connectivity index (χ0v) is 13.3. The molecule has 1 aromatic carbocycles. The second kappa shape index (κ2) is 6.64. The minimum absolute atomic E-state index is 0.0147. The van der Waals surface area contributed by atoms with Crippen molar-refractivity contribution in [3.8, 4) is 11.5 Å². The van der Waals surface area contributed by atoms with E-state index < -0.39 is 0 Å². The maximum Gasteiger partial charge on any atom is 0.220 e. The molecule has 1 N–H and O–H groups in total. The van der Waals surface area contributed by atoms with Crippen LogP contribution >= 0.6 is 0 Å². The number of carbonyl (C=O) groups is 1. The lowest BCUT2D eigenvalue weighted by Crippen LogP contribution is -2.27. The Labute approximate surface area is 121 Å². The van der Waals surface area contributed by atoms with Gasteiger partial charge in [0.2, 0.25) is 5.91 Å². The summed E-state index contributed by atoms with van der Waals surface area (Å²) >= 11 is 0. The summed E-state index contributed by atoms with van der Waals surface area (Å²) < 4.78 is 10.7. The smallest absolute Gasteiger partial charge is 0.220 e. The predicted molar refractivity (Wildman–Crippen MR) is 80.2 cm³/mol. The molecule has 0 fully saturated rings. The van der Waals surface area contributed by atoms with Crippen molar-refractivity contribution in [3.63, 3.8) is 0 Å². The summed E-state index contributed by atoms with van der Waals surface area (Å²) in [7, 11) is 3.26. The first kappa shape index (κ1) is 16.3. The van der Waals surface area contributed by atoms with E-state index in [0.29, 0.717) is 13.0 Å². The molecule has 1 amide bonds. The van der Waals surface area contributed by atoms with E-state index in [1.54, 1.807) is 14.2 Å². The SMILES string of the molecule is COc1cc(CNC(=O)CC(C)(C)C)c(OC)cc1C. The number of carbonyl (C=O) groups excluding carboxylic acids is 1. The molecular weight excluding hydrogens is 254 g/mol. The van der Waals surface area contributed by atoms with Crippen LogP contribution in [0, 0.1) is 12.3 Å². The molecule has 0 radical (unpaired) electrons. The van der Waals surface area contributed by atoms with E-state index in [9.17, 15) is 4.79 Å². The van der Waals surface area contributed by atoms with Crippen molar-refractivity contribution < 1.29 is 14.3 Å². The summed E-state index contributed by atoms with van der Waals surface area (Å²) in [5.41, 5.74) is 1.91. The van der Waals surface area contributed by atoms with Crippen LogP contribution in [0.15, 0.2) is 12.1 Å². The number of aryl methyl sites for hydroxylation is 1. The minimum Gasteiger partial charge on any atom is -0.496 e. The van der Waals surface area contributed by atoms with Gasteiger partial charge < -0.3 is 14.8 Å². The van der Waals surface area contributed by atoms with Crippen molar-refractivity contribution in [2.45, 2.75) is 40.7 Å². The van der Waals surface area contributed by atoms with Crippen molar-refractivity contribution in [2.24, 2.45) is 5.41 Å². The van der Waals surface area contributed by atoms with Crippen LogP contribution in [0.1, 0.15) is 38.3 Å². The Balaban J connectivity index is 2.79. The first-order valence-electron chi connectivity index (χ1n) is 6.75. The summed E-state index contributed by atoms with van der Waals surface area (Å²) in [6, 6.07) is 3.83. The summed E-state index contributed by atoms with van der Waals surface area (Å²) in [5.74, 6) is 1.60. The van der Waals surface area contributed by atoms with E-state index in [2.05, 4.69) is 5.32 Å². The Morgan fingerprint density at radius 2 is 1.75 bits per heavy atom. The predicted octanol–water partition coefficient (Wildman–Crippen LogP) is 3.06. The molecule has 1 rings (SSSR count). The lowest BCUT2D eigenvalue weighted by atomic mass is 9.92. The third-order valence-corrected chi connectivity index (χ3v) is 2.96. The van der Waals surface area contributed by atoms with Crippen LogP contribution in [-0.2, 0) is 11.3 Å². The van der Waals surface area contributed by atoms with Crippen LogP contribution in [0.2, 0.25) is 0 Å². The number of ether oxygens (including phenoxy) is 2. The molecule has 0 unspecified atom stereocenters. The van der Waals surface area contributed by atoms with Crippen LogP contribution in [0.5, 0.6) is 11.5 Å². The van der Waals surface area contributed by atoms with Crippen LogP contribution in [-0.4, -0.2) is 20.1 Å². The van der Waals surface area contributed by atoms with Gasteiger partial charge in [0.05, 0.1) is 14.2 Å². The van der Waals surface area contributed by atoms with E-state index in [1.165, 1.54) is 0 Å². The fourth-order valence-corrected chi connectivity index (χ4v) is 1.99. The topological polar surface area (TPSA) is 47.6 Å². The van der Waals surface area contributed by atoms with Crippen LogP contribution < -0.4 is 14.8 Å². The maximum atomic E-state index is 11.9. The standard InChI is InChI=1S/C16H25NO3/c1-11-7-14(20-6)12(8-13(11)19-5)10-17-15(18)9-16(2,3)4/h7-8H,9-10H2,1-6H3,(H,17,18). The average molecular weight is 279 g/mol.